The van der Waals surface area contributed by atoms with Crippen molar-refractivity contribution in [1.82, 2.24) is 5.32 Å². The molecule has 0 spiro atoms. The van der Waals surface area contributed by atoms with Crippen molar-refractivity contribution in [3.05, 3.63) is 0 Å². The number of rotatable bonds is 8. The number of Topliss-reactive ketones (excluding diaryl/α,β-unsaturated/α-hetero) is 1. The lowest BCUT2D eigenvalue weighted by molar-refractivity contribution is -0.125. The molecule has 3 N–H and O–H groups in total. The Labute approximate surface area is 100 Å². The summed E-state index contributed by atoms with van der Waals surface area (Å²) < 4.78 is 0. The second-order valence-corrected chi connectivity index (χ2v) is 4.65. The van der Waals surface area contributed by atoms with Gasteiger partial charge >= 0.3 is 0 Å². The predicted octanol–water partition coefficient (Wildman–Crippen LogP) is 2.44. The summed E-state index contributed by atoms with van der Waals surface area (Å²) >= 11 is 0. The molecule has 0 aliphatic heterocycles. The summed E-state index contributed by atoms with van der Waals surface area (Å²) in [5, 5.41) is 3.27. The average molecular weight is 228 g/mol. The zero-order chi connectivity index (χ0) is 12.8. The van der Waals surface area contributed by atoms with Gasteiger partial charge in [0, 0.05) is 5.92 Å². The van der Waals surface area contributed by atoms with Gasteiger partial charge in [0.05, 0.1) is 11.7 Å². The second kappa shape index (κ2) is 7.02. The van der Waals surface area contributed by atoms with E-state index in [0.29, 0.717) is 5.78 Å². The van der Waals surface area contributed by atoms with Crippen LogP contribution in [0.4, 0.5) is 0 Å². The summed E-state index contributed by atoms with van der Waals surface area (Å²) in [6, 6.07) is -0.144. The Morgan fingerprint density at radius 3 is 1.94 bits per heavy atom. The molecular weight excluding hydrogens is 200 g/mol. The number of carbonyl (C=O) groups is 1. The van der Waals surface area contributed by atoms with Crippen LogP contribution >= 0.6 is 0 Å². The van der Waals surface area contributed by atoms with Crippen LogP contribution in [0.3, 0.4) is 0 Å². The van der Waals surface area contributed by atoms with Crippen molar-refractivity contribution in [2.75, 3.05) is 0 Å². The minimum Gasteiger partial charge on any atom is -0.313 e. The fourth-order valence-corrected chi connectivity index (χ4v) is 2.00. The van der Waals surface area contributed by atoms with Crippen LogP contribution in [0.5, 0.6) is 0 Å². The molecule has 0 radical (unpaired) electrons. The summed E-state index contributed by atoms with van der Waals surface area (Å²) in [6.07, 6.45) is 3.50. The number of nitrogens with one attached hydrogen (secondary N) is 1. The first-order valence-corrected chi connectivity index (χ1v) is 6.54. The highest BCUT2D eigenvalue weighted by Crippen LogP contribution is 2.14. The van der Waals surface area contributed by atoms with E-state index in [0.717, 1.165) is 25.7 Å². The standard InChI is InChI=1S/C13H28N2O/c1-6-11(7-2)12(16)10(5)15-13(14,8-3)9-4/h10-11,15H,6-9,14H2,1-5H3. The van der Waals surface area contributed by atoms with Crippen molar-refractivity contribution in [3.8, 4) is 0 Å². The van der Waals surface area contributed by atoms with E-state index in [1.807, 2.05) is 20.8 Å². The van der Waals surface area contributed by atoms with E-state index in [1.165, 1.54) is 0 Å². The van der Waals surface area contributed by atoms with Crippen LogP contribution in [-0.4, -0.2) is 17.5 Å². The van der Waals surface area contributed by atoms with E-state index in [4.69, 9.17) is 5.73 Å². The van der Waals surface area contributed by atoms with Crippen LogP contribution in [0.15, 0.2) is 0 Å². The Balaban J connectivity index is 4.45. The fourth-order valence-electron chi connectivity index (χ4n) is 2.00. The lowest BCUT2D eigenvalue weighted by atomic mass is 9.92. The molecule has 16 heavy (non-hydrogen) atoms. The van der Waals surface area contributed by atoms with Crippen molar-refractivity contribution in [1.29, 1.82) is 0 Å². The van der Waals surface area contributed by atoms with Crippen molar-refractivity contribution in [2.45, 2.75) is 72.0 Å². The van der Waals surface area contributed by atoms with Gasteiger partial charge in [-0.05, 0) is 32.6 Å². The first-order valence-electron chi connectivity index (χ1n) is 6.54. The topological polar surface area (TPSA) is 55.1 Å². The Hall–Kier alpha value is -0.410. The van der Waals surface area contributed by atoms with Gasteiger partial charge in [0.1, 0.15) is 0 Å². The largest absolute Gasteiger partial charge is 0.313 e. The molecule has 0 aliphatic carbocycles. The first-order chi connectivity index (χ1) is 7.44. The maximum absolute atomic E-state index is 12.1. The summed E-state index contributed by atoms with van der Waals surface area (Å²) in [6.45, 7) is 10.1. The molecule has 0 bridgehead atoms. The molecule has 0 aromatic heterocycles. The lowest BCUT2D eigenvalue weighted by Gasteiger charge is -2.32. The highest BCUT2D eigenvalue weighted by molar-refractivity contribution is 5.85. The van der Waals surface area contributed by atoms with Crippen LogP contribution in [0, 0.1) is 5.92 Å². The van der Waals surface area contributed by atoms with Crippen molar-refractivity contribution in [3.63, 3.8) is 0 Å². The van der Waals surface area contributed by atoms with Gasteiger partial charge in [0.15, 0.2) is 5.78 Å². The molecule has 96 valence electrons. The number of carbonyl (C=O) groups excluding carboxylic acids is 1. The van der Waals surface area contributed by atoms with Crippen LogP contribution < -0.4 is 11.1 Å². The van der Waals surface area contributed by atoms with Gasteiger partial charge in [0.2, 0.25) is 0 Å². The Morgan fingerprint density at radius 1 is 1.19 bits per heavy atom. The van der Waals surface area contributed by atoms with Crippen LogP contribution in [-0.2, 0) is 4.79 Å². The third-order valence-electron chi connectivity index (χ3n) is 3.58. The fraction of sp³-hybridized carbons (Fsp3) is 0.923. The first kappa shape index (κ1) is 15.6. The quantitative estimate of drug-likeness (QED) is 0.627. The molecule has 0 aromatic rings. The number of nitrogens with two attached hydrogens (primary N) is 1. The van der Waals surface area contributed by atoms with Gasteiger partial charge in [-0.3, -0.25) is 10.1 Å². The van der Waals surface area contributed by atoms with Crippen molar-refractivity contribution < 1.29 is 4.79 Å². The van der Waals surface area contributed by atoms with E-state index < -0.39 is 5.66 Å². The molecular formula is C13H28N2O. The van der Waals surface area contributed by atoms with Gasteiger partial charge in [0.25, 0.3) is 0 Å². The summed E-state index contributed by atoms with van der Waals surface area (Å²) in [4.78, 5) is 12.1. The smallest absolute Gasteiger partial charge is 0.152 e. The molecule has 0 rings (SSSR count). The minimum atomic E-state index is -0.402. The molecule has 0 saturated carbocycles. The third-order valence-corrected chi connectivity index (χ3v) is 3.58. The Kier molecular flexibility index (Phi) is 6.84. The van der Waals surface area contributed by atoms with Gasteiger partial charge in [-0.2, -0.15) is 0 Å². The van der Waals surface area contributed by atoms with Crippen LogP contribution in [0.1, 0.15) is 60.3 Å². The molecule has 3 nitrogen and oxygen atoms in total. The number of hydrogen-bond acceptors (Lipinski definition) is 3. The highest BCUT2D eigenvalue weighted by Gasteiger charge is 2.27. The summed E-state index contributed by atoms with van der Waals surface area (Å²) in [5.74, 6) is 0.460. The van der Waals surface area contributed by atoms with Gasteiger partial charge in [-0.25, -0.2) is 0 Å². The SMILES string of the molecule is CCC(CC)C(=O)C(C)NC(N)(CC)CC. The summed E-state index contributed by atoms with van der Waals surface area (Å²) in [5.41, 5.74) is 5.75. The van der Waals surface area contributed by atoms with E-state index in [9.17, 15) is 4.79 Å². The molecule has 3 heteroatoms. The zero-order valence-electron chi connectivity index (χ0n) is 11.5. The van der Waals surface area contributed by atoms with E-state index in [2.05, 4.69) is 19.2 Å². The lowest BCUT2D eigenvalue weighted by Crippen LogP contribution is -2.58. The van der Waals surface area contributed by atoms with E-state index >= 15 is 0 Å². The third kappa shape index (κ3) is 4.22. The van der Waals surface area contributed by atoms with Crippen LogP contribution in [0.2, 0.25) is 0 Å². The normalized spacial score (nSPS) is 14.2. The average Bonchev–Trinajstić information content (AvgIpc) is 2.30. The minimum absolute atomic E-state index is 0.144. The number of hydrogen-bond donors (Lipinski definition) is 2. The van der Waals surface area contributed by atoms with E-state index in [-0.39, 0.29) is 12.0 Å². The van der Waals surface area contributed by atoms with Gasteiger partial charge in [-0.1, -0.05) is 27.7 Å². The molecule has 1 atom stereocenters. The number of ketones is 1. The molecule has 0 fully saturated rings. The van der Waals surface area contributed by atoms with Crippen molar-refractivity contribution in [2.24, 2.45) is 11.7 Å². The van der Waals surface area contributed by atoms with Gasteiger partial charge < -0.3 is 5.73 Å². The molecule has 0 saturated heterocycles. The molecule has 0 heterocycles. The van der Waals surface area contributed by atoms with Crippen molar-refractivity contribution >= 4 is 5.78 Å². The molecule has 0 aliphatic rings. The second-order valence-electron chi connectivity index (χ2n) is 4.65. The van der Waals surface area contributed by atoms with E-state index in [1.54, 1.807) is 0 Å². The molecule has 0 aromatic carbocycles. The monoisotopic (exact) mass is 228 g/mol. The Bertz CT molecular complexity index is 208. The van der Waals surface area contributed by atoms with Gasteiger partial charge in [-0.15, -0.1) is 0 Å². The molecule has 1 unspecified atom stereocenters. The van der Waals surface area contributed by atoms with Crippen LogP contribution in [0.25, 0.3) is 0 Å². The summed E-state index contributed by atoms with van der Waals surface area (Å²) in [7, 11) is 0. The Morgan fingerprint density at radius 2 is 1.62 bits per heavy atom. The molecule has 0 amide bonds. The zero-order valence-corrected chi connectivity index (χ0v) is 11.5. The maximum atomic E-state index is 12.1. The predicted molar refractivity (Wildman–Crippen MR) is 69.2 cm³/mol. The highest BCUT2D eigenvalue weighted by atomic mass is 16.1. The maximum Gasteiger partial charge on any atom is 0.152 e.